The maximum Gasteiger partial charge on any atom is 0.158 e. The van der Waals surface area contributed by atoms with E-state index in [0.717, 1.165) is 5.65 Å². The summed E-state index contributed by atoms with van der Waals surface area (Å²) in [7, 11) is 0. The van der Waals surface area contributed by atoms with Gasteiger partial charge in [-0.05, 0) is 87.5 Å². The second kappa shape index (κ2) is 8.27. The maximum absolute atomic E-state index is 11.8. The first-order chi connectivity index (χ1) is 16.7. The number of pyridine rings is 1. The van der Waals surface area contributed by atoms with Crippen molar-refractivity contribution in [2.24, 2.45) is 0 Å². The van der Waals surface area contributed by atoms with Crippen LogP contribution in [-0.2, 0) is 4.79 Å². The smallest absolute Gasteiger partial charge is 0.158 e. The Kier molecular flexibility index (Phi) is 5.42. The number of thiophene rings is 1. The van der Waals surface area contributed by atoms with Gasteiger partial charge in [-0.25, -0.2) is 9.50 Å². The molecule has 0 aromatic carbocycles. The molecule has 1 N–H and O–H groups in total. The Labute approximate surface area is 210 Å². The second-order valence-electron chi connectivity index (χ2n) is 11.1. The van der Waals surface area contributed by atoms with Crippen LogP contribution in [0.4, 0.5) is 0 Å². The van der Waals surface area contributed by atoms with Crippen LogP contribution in [0.3, 0.4) is 0 Å². The van der Waals surface area contributed by atoms with Crippen LogP contribution in [0.15, 0.2) is 12.5 Å². The third kappa shape index (κ3) is 3.50. The van der Waals surface area contributed by atoms with Gasteiger partial charge in [-0.2, -0.15) is 5.10 Å². The van der Waals surface area contributed by atoms with E-state index in [9.17, 15) is 4.79 Å². The number of aromatic amines is 1. The van der Waals surface area contributed by atoms with Crippen molar-refractivity contribution >= 4 is 33.0 Å². The van der Waals surface area contributed by atoms with E-state index in [1.54, 1.807) is 18.1 Å². The van der Waals surface area contributed by atoms with Crippen molar-refractivity contribution in [1.29, 1.82) is 0 Å². The monoisotopic (exact) mass is 489 g/mol. The molecule has 2 aliphatic heterocycles. The minimum Gasteiger partial charge on any atom is -0.346 e. The van der Waals surface area contributed by atoms with E-state index < -0.39 is 0 Å². The predicted octanol–water partition coefficient (Wildman–Crippen LogP) is 6.29. The van der Waals surface area contributed by atoms with Crippen LogP contribution in [0.1, 0.15) is 85.4 Å². The van der Waals surface area contributed by atoms with Crippen LogP contribution in [0.25, 0.3) is 27.1 Å². The van der Waals surface area contributed by atoms with Crippen molar-refractivity contribution in [2.45, 2.75) is 91.1 Å². The van der Waals surface area contributed by atoms with Crippen molar-refractivity contribution < 1.29 is 4.79 Å². The van der Waals surface area contributed by atoms with Gasteiger partial charge < -0.3 is 4.98 Å². The molecular formula is C28H35N5OS. The lowest BCUT2D eigenvalue weighted by molar-refractivity contribution is -0.119. The second-order valence-corrected chi connectivity index (χ2v) is 12.2. The molecule has 2 bridgehead atoms. The summed E-state index contributed by atoms with van der Waals surface area (Å²) in [4.78, 5) is 25.5. The molecular weight excluding hydrogens is 454 g/mol. The Bertz CT molecular complexity index is 1440. The van der Waals surface area contributed by atoms with Gasteiger partial charge in [0.15, 0.2) is 5.65 Å². The Morgan fingerprint density at radius 1 is 1.14 bits per heavy atom. The number of carbonyl (C=O) groups is 1. The summed E-state index contributed by atoms with van der Waals surface area (Å²) < 4.78 is 1.90. The lowest BCUT2D eigenvalue weighted by Gasteiger charge is -2.38. The number of ketones is 1. The number of Topliss-reactive ketones (excluding diaryl/α,β-unsaturated/α-hetero) is 1. The maximum atomic E-state index is 11.8. The van der Waals surface area contributed by atoms with Crippen molar-refractivity contribution in [2.75, 3.05) is 6.54 Å². The van der Waals surface area contributed by atoms with Crippen molar-refractivity contribution in [3.63, 3.8) is 0 Å². The molecule has 0 amide bonds. The highest BCUT2D eigenvalue weighted by atomic mass is 32.1. The number of hydrogen-bond donors (Lipinski definition) is 1. The highest BCUT2D eigenvalue weighted by Crippen LogP contribution is 2.50. The van der Waals surface area contributed by atoms with Crippen molar-refractivity contribution in [3.8, 4) is 11.3 Å². The lowest BCUT2D eigenvalue weighted by atomic mass is 9.86. The normalized spacial score (nSPS) is 22.8. The minimum atomic E-state index is 0.296. The van der Waals surface area contributed by atoms with Gasteiger partial charge in [0.2, 0.25) is 0 Å². The molecule has 0 saturated carbocycles. The molecule has 0 radical (unpaired) electrons. The summed E-state index contributed by atoms with van der Waals surface area (Å²) >= 11 is 1.96. The number of H-pyrrole nitrogens is 1. The molecule has 0 spiro atoms. The number of piperidine rings is 1. The molecule has 7 heteroatoms. The van der Waals surface area contributed by atoms with Gasteiger partial charge in [-0.1, -0.05) is 13.8 Å². The molecule has 0 aliphatic carbocycles. The highest BCUT2D eigenvalue weighted by molar-refractivity contribution is 7.19. The van der Waals surface area contributed by atoms with E-state index in [0.29, 0.717) is 36.2 Å². The quantitative estimate of drug-likeness (QED) is 0.358. The fourth-order valence-electron chi connectivity index (χ4n) is 6.89. The Morgan fingerprint density at radius 3 is 2.51 bits per heavy atom. The number of rotatable bonds is 5. The van der Waals surface area contributed by atoms with Gasteiger partial charge in [0, 0.05) is 34.1 Å². The van der Waals surface area contributed by atoms with Crippen molar-refractivity contribution in [1.82, 2.24) is 24.5 Å². The average Bonchev–Trinajstić information content (AvgIpc) is 3.53. The summed E-state index contributed by atoms with van der Waals surface area (Å²) in [6.45, 7) is 13.6. The van der Waals surface area contributed by atoms with Crippen molar-refractivity contribution in [3.05, 3.63) is 39.7 Å². The van der Waals surface area contributed by atoms with E-state index in [-0.39, 0.29) is 0 Å². The summed E-state index contributed by atoms with van der Waals surface area (Å²) in [5, 5.41) is 5.85. The van der Waals surface area contributed by atoms with E-state index in [4.69, 9.17) is 0 Å². The standard InChI is InChI=1S/C28H35N5OS/c1-14(2)23-24-18(6)26(19-9-20-7-8-21(10-19)32(20)11-15(3)34)35-28(24)31-25(23)22-12-33-27(29-13-30-33)17(5)16(22)4/h12-14,19-21,31H,7-11H2,1-6H3/t19-,20-,21+. The first kappa shape index (κ1) is 22.9. The lowest BCUT2D eigenvalue weighted by Crippen LogP contribution is -2.44. The molecule has 2 saturated heterocycles. The molecule has 0 unspecified atom stereocenters. The molecule has 4 aromatic rings. The number of hydrogen-bond acceptors (Lipinski definition) is 5. The molecule has 6 heterocycles. The Balaban J connectivity index is 1.43. The molecule has 2 aliphatic rings. The van der Waals surface area contributed by atoms with E-state index in [1.807, 2.05) is 15.9 Å². The topological polar surface area (TPSA) is 66.3 Å². The van der Waals surface area contributed by atoms with Crippen LogP contribution in [0.5, 0.6) is 0 Å². The number of aryl methyl sites for hydroxylation is 2. The number of fused-ring (bicyclic) bond motifs is 4. The summed E-state index contributed by atoms with van der Waals surface area (Å²) in [5.41, 5.74) is 8.67. The van der Waals surface area contributed by atoms with Gasteiger partial charge in [0.25, 0.3) is 0 Å². The number of nitrogens with one attached hydrogen (secondary N) is 1. The third-order valence-corrected chi connectivity index (χ3v) is 9.96. The van der Waals surface area contributed by atoms with Gasteiger partial charge in [0.1, 0.15) is 16.9 Å². The first-order valence-electron chi connectivity index (χ1n) is 12.9. The van der Waals surface area contributed by atoms with Crippen LogP contribution >= 0.6 is 11.3 Å². The van der Waals surface area contributed by atoms with Gasteiger partial charge >= 0.3 is 0 Å². The SMILES string of the molecule is CC(=O)CN1[C@@H]2CC[C@H]1C[C@H](c1sc3[nH]c(-c4cn5ncnc5c(C)c4C)c(C(C)C)c3c1C)C2. The van der Waals surface area contributed by atoms with E-state index in [1.165, 1.54) is 69.4 Å². The number of aromatic nitrogens is 4. The van der Waals surface area contributed by atoms with E-state index in [2.05, 4.69) is 60.8 Å². The molecule has 6 nitrogen and oxygen atoms in total. The number of carbonyl (C=O) groups excluding carboxylic acids is 1. The molecule has 3 atom stereocenters. The summed E-state index contributed by atoms with van der Waals surface area (Å²) in [6, 6.07) is 1.12. The minimum absolute atomic E-state index is 0.296. The fraction of sp³-hybridized carbons (Fsp3) is 0.536. The Hall–Kier alpha value is -2.51. The summed E-state index contributed by atoms with van der Waals surface area (Å²) in [6.07, 6.45) is 8.60. The molecule has 35 heavy (non-hydrogen) atoms. The zero-order valence-electron chi connectivity index (χ0n) is 21.6. The average molecular weight is 490 g/mol. The van der Waals surface area contributed by atoms with Crippen LogP contribution < -0.4 is 0 Å². The molecule has 4 aromatic heterocycles. The highest BCUT2D eigenvalue weighted by Gasteiger charge is 2.42. The first-order valence-corrected chi connectivity index (χ1v) is 13.8. The molecule has 184 valence electrons. The van der Waals surface area contributed by atoms with Crippen LogP contribution in [0, 0.1) is 20.8 Å². The largest absolute Gasteiger partial charge is 0.346 e. The number of nitrogens with zero attached hydrogens (tertiary/aromatic N) is 4. The zero-order chi connectivity index (χ0) is 24.6. The molecule has 2 fully saturated rings. The Morgan fingerprint density at radius 2 is 1.86 bits per heavy atom. The zero-order valence-corrected chi connectivity index (χ0v) is 22.4. The fourth-order valence-corrected chi connectivity index (χ4v) is 8.24. The van der Waals surface area contributed by atoms with Crippen LogP contribution in [0.2, 0.25) is 0 Å². The van der Waals surface area contributed by atoms with Gasteiger partial charge in [-0.15, -0.1) is 11.3 Å². The van der Waals surface area contributed by atoms with Gasteiger partial charge in [0.05, 0.1) is 12.2 Å². The predicted molar refractivity (Wildman–Crippen MR) is 143 cm³/mol. The van der Waals surface area contributed by atoms with Gasteiger partial charge in [-0.3, -0.25) is 9.69 Å². The third-order valence-electron chi connectivity index (χ3n) is 8.59. The molecule has 6 rings (SSSR count). The summed E-state index contributed by atoms with van der Waals surface area (Å²) in [5.74, 6) is 1.30. The van der Waals surface area contributed by atoms with Crippen LogP contribution in [-0.4, -0.2) is 48.9 Å². The van der Waals surface area contributed by atoms with E-state index >= 15 is 0 Å².